The molecule has 1 aliphatic rings. The first-order valence-electron chi connectivity index (χ1n) is 6.17. The molecule has 1 saturated heterocycles. The molecule has 3 nitrogen and oxygen atoms in total. The second-order valence-corrected chi connectivity index (χ2v) is 4.56. The Morgan fingerprint density at radius 3 is 2.67 bits per heavy atom. The molecule has 88 valence electrons. The van der Waals surface area contributed by atoms with Crippen molar-refractivity contribution < 1.29 is 4.79 Å². The molecule has 1 fully saturated rings. The lowest BCUT2D eigenvalue weighted by Gasteiger charge is -2.25. The van der Waals surface area contributed by atoms with Crippen molar-refractivity contribution in [3.63, 3.8) is 0 Å². The summed E-state index contributed by atoms with van der Waals surface area (Å²) in [5.74, 6) is 0.350. The third-order valence-electron chi connectivity index (χ3n) is 3.18. The van der Waals surface area contributed by atoms with Gasteiger partial charge >= 0.3 is 0 Å². The summed E-state index contributed by atoms with van der Waals surface area (Å²) in [7, 11) is 0. The summed E-state index contributed by atoms with van der Waals surface area (Å²) in [5, 5.41) is 0. The van der Waals surface area contributed by atoms with Crippen LogP contribution < -0.4 is 0 Å². The highest BCUT2D eigenvalue weighted by Gasteiger charge is 2.19. The van der Waals surface area contributed by atoms with Crippen LogP contribution in [0.25, 0.3) is 0 Å². The van der Waals surface area contributed by atoms with Crippen LogP contribution in [0.1, 0.15) is 40.0 Å². The van der Waals surface area contributed by atoms with E-state index in [1.54, 1.807) is 0 Å². The fraction of sp³-hybridized carbons (Fsp3) is 0.917. The number of hydrogen-bond acceptors (Lipinski definition) is 2. The summed E-state index contributed by atoms with van der Waals surface area (Å²) in [4.78, 5) is 15.8. The zero-order valence-electron chi connectivity index (χ0n) is 10.3. The highest BCUT2D eigenvalue weighted by Crippen LogP contribution is 2.10. The van der Waals surface area contributed by atoms with Gasteiger partial charge in [-0.2, -0.15) is 0 Å². The number of likely N-dealkylation sites (tertiary alicyclic amines) is 1. The molecule has 1 heterocycles. The zero-order valence-corrected chi connectivity index (χ0v) is 10.3. The van der Waals surface area contributed by atoms with Crippen LogP contribution in [0.2, 0.25) is 0 Å². The molecule has 1 aliphatic heterocycles. The number of carbonyl (C=O) groups is 1. The van der Waals surface area contributed by atoms with E-state index in [-0.39, 0.29) is 0 Å². The van der Waals surface area contributed by atoms with E-state index in [0.717, 1.165) is 45.4 Å². The predicted octanol–water partition coefficient (Wildman–Crippen LogP) is 1.73. The predicted molar refractivity (Wildman–Crippen MR) is 62.8 cm³/mol. The minimum absolute atomic E-state index is 0.350. The van der Waals surface area contributed by atoms with Gasteiger partial charge in [-0.3, -0.25) is 4.79 Å². The second-order valence-electron chi connectivity index (χ2n) is 4.56. The molecular weight excluding hydrogens is 188 g/mol. The van der Waals surface area contributed by atoms with E-state index in [0.29, 0.717) is 11.9 Å². The van der Waals surface area contributed by atoms with Crippen LogP contribution in [-0.2, 0) is 4.79 Å². The third-order valence-corrected chi connectivity index (χ3v) is 3.18. The lowest BCUT2D eigenvalue weighted by molar-refractivity contribution is -0.127. The fourth-order valence-corrected chi connectivity index (χ4v) is 2.19. The van der Waals surface area contributed by atoms with Crippen molar-refractivity contribution in [2.75, 3.05) is 26.2 Å². The van der Waals surface area contributed by atoms with E-state index in [2.05, 4.69) is 25.7 Å². The topological polar surface area (TPSA) is 23.6 Å². The minimum Gasteiger partial charge on any atom is -0.343 e. The van der Waals surface area contributed by atoms with Gasteiger partial charge in [0.05, 0.1) is 0 Å². The Kier molecular flexibility index (Phi) is 5.09. The Hall–Kier alpha value is -0.570. The van der Waals surface area contributed by atoms with Gasteiger partial charge in [-0.05, 0) is 33.2 Å². The van der Waals surface area contributed by atoms with Crippen LogP contribution in [0.3, 0.4) is 0 Å². The molecular formula is C12H24N2O. The van der Waals surface area contributed by atoms with E-state index in [4.69, 9.17) is 0 Å². The lowest BCUT2D eigenvalue weighted by Crippen LogP contribution is -2.34. The number of rotatable bonds is 6. The third kappa shape index (κ3) is 3.82. The van der Waals surface area contributed by atoms with Crippen LogP contribution in [-0.4, -0.2) is 47.9 Å². The first-order chi connectivity index (χ1) is 7.15. The van der Waals surface area contributed by atoms with Crippen LogP contribution in [0.15, 0.2) is 0 Å². The zero-order chi connectivity index (χ0) is 11.3. The molecule has 0 saturated carbocycles. The van der Waals surface area contributed by atoms with Crippen molar-refractivity contribution >= 4 is 5.91 Å². The standard InChI is InChI=1S/C12H24N2O/c1-4-13(11(2)3)9-6-10-14-8-5-7-12(14)15/h11H,4-10H2,1-3H3. The van der Waals surface area contributed by atoms with Crippen molar-refractivity contribution in [2.24, 2.45) is 0 Å². The van der Waals surface area contributed by atoms with Gasteiger partial charge in [0.15, 0.2) is 0 Å². The molecule has 3 heteroatoms. The van der Waals surface area contributed by atoms with Gasteiger partial charge in [-0.25, -0.2) is 0 Å². The quantitative estimate of drug-likeness (QED) is 0.669. The molecule has 0 N–H and O–H groups in total. The van der Waals surface area contributed by atoms with Gasteiger partial charge in [0.2, 0.25) is 5.91 Å². The monoisotopic (exact) mass is 212 g/mol. The number of nitrogens with zero attached hydrogens (tertiary/aromatic N) is 2. The van der Waals surface area contributed by atoms with E-state index in [9.17, 15) is 4.79 Å². The molecule has 0 radical (unpaired) electrons. The minimum atomic E-state index is 0.350. The average Bonchev–Trinajstić information content (AvgIpc) is 2.58. The fourth-order valence-electron chi connectivity index (χ4n) is 2.19. The van der Waals surface area contributed by atoms with Crippen LogP contribution in [0.4, 0.5) is 0 Å². The van der Waals surface area contributed by atoms with Gasteiger partial charge in [0.1, 0.15) is 0 Å². The molecule has 0 unspecified atom stereocenters. The maximum absolute atomic E-state index is 11.4. The highest BCUT2D eigenvalue weighted by molar-refractivity contribution is 5.77. The molecule has 0 aliphatic carbocycles. The molecule has 0 bridgehead atoms. The summed E-state index contributed by atoms with van der Waals surface area (Å²) >= 11 is 0. The Balaban J connectivity index is 2.17. The Labute approximate surface area is 93.4 Å². The molecule has 0 atom stereocenters. The average molecular weight is 212 g/mol. The summed E-state index contributed by atoms with van der Waals surface area (Å²) in [6.07, 6.45) is 2.93. The molecule has 0 aromatic heterocycles. The van der Waals surface area contributed by atoms with E-state index < -0.39 is 0 Å². The van der Waals surface area contributed by atoms with Gasteiger partial charge in [-0.15, -0.1) is 0 Å². The van der Waals surface area contributed by atoms with Gasteiger partial charge < -0.3 is 9.80 Å². The van der Waals surface area contributed by atoms with Crippen LogP contribution >= 0.6 is 0 Å². The van der Waals surface area contributed by atoms with Crippen molar-refractivity contribution in [1.29, 1.82) is 0 Å². The number of hydrogen-bond donors (Lipinski definition) is 0. The molecule has 0 spiro atoms. The SMILES string of the molecule is CCN(CCCN1CCCC1=O)C(C)C. The lowest BCUT2D eigenvalue weighted by atomic mass is 10.3. The number of carbonyl (C=O) groups excluding carboxylic acids is 1. The van der Waals surface area contributed by atoms with Gasteiger partial charge in [0.25, 0.3) is 0 Å². The van der Waals surface area contributed by atoms with E-state index in [1.165, 1.54) is 0 Å². The van der Waals surface area contributed by atoms with Crippen molar-refractivity contribution in [2.45, 2.75) is 46.1 Å². The molecule has 1 rings (SSSR count). The van der Waals surface area contributed by atoms with Gasteiger partial charge in [-0.1, -0.05) is 6.92 Å². The van der Waals surface area contributed by atoms with Crippen molar-refractivity contribution in [3.05, 3.63) is 0 Å². The second kappa shape index (κ2) is 6.11. The maximum Gasteiger partial charge on any atom is 0.222 e. The first-order valence-corrected chi connectivity index (χ1v) is 6.17. The normalized spacial score (nSPS) is 17.1. The number of amides is 1. The Morgan fingerprint density at radius 2 is 2.20 bits per heavy atom. The smallest absolute Gasteiger partial charge is 0.222 e. The Bertz CT molecular complexity index is 204. The Morgan fingerprint density at radius 1 is 1.47 bits per heavy atom. The summed E-state index contributed by atoms with van der Waals surface area (Å²) in [5.41, 5.74) is 0. The van der Waals surface area contributed by atoms with Crippen LogP contribution in [0, 0.1) is 0 Å². The van der Waals surface area contributed by atoms with E-state index in [1.807, 2.05) is 4.90 Å². The summed E-state index contributed by atoms with van der Waals surface area (Å²) in [6.45, 7) is 10.8. The molecule has 1 amide bonds. The van der Waals surface area contributed by atoms with E-state index >= 15 is 0 Å². The first kappa shape index (κ1) is 12.5. The van der Waals surface area contributed by atoms with Gasteiger partial charge in [0, 0.05) is 32.1 Å². The molecule has 0 aromatic rings. The summed E-state index contributed by atoms with van der Waals surface area (Å²) < 4.78 is 0. The summed E-state index contributed by atoms with van der Waals surface area (Å²) in [6, 6.07) is 0.615. The van der Waals surface area contributed by atoms with Crippen molar-refractivity contribution in [3.8, 4) is 0 Å². The molecule has 0 aromatic carbocycles. The van der Waals surface area contributed by atoms with Crippen LogP contribution in [0.5, 0.6) is 0 Å². The molecule has 15 heavy (non-hydrogen) atoms. The largest absolute Gasteiger partial charge is 0.343 e. The maximum atomic E-state index is 11.4. The van der Waals surface area contributed by atoms with Crippen molar-refractivity contribution in [1.82, 2.24) is 9.80 Å². The highest BCUT2D eigenvalue weighted by atomic mass is 16.2.